The van der Waals surface area contributed by atoms with Gasteiger partial charge in [-0.15, -0.1) is 0 Å². The number of carboxylic acids is 1. The summed E-state index contributed by atoms with van der Waals surface area (Å²) in [5.74, 6) is -1.73. The van der Waals surface area contributed by atoms with Crippen molar-refractivity contribution in [3.05, 3.63) is 89.6 Å². The van der Waals surface area contributed by atoms with Gasteiger partial charge >= 0.3 is 5.97 Å². The summed E-state index contributed by atoms with van der Waals surface area (Å²) in [6.45, 7) is 0. The number of carboxylic acid groups (broad SMARTS) is 1. The molecule has 1 aliphatic rings. The quantitative estimate of drug-likeness (QED) is 0.383. The minimum Gasteiger partial charge on any atom is -0.480 e. The van der Waals surface area contributed by atoms with Gasteiger partial charge in [-0.25, -0.2) is 18.7 Å². The monoisotopic (exact) mass is 486 g/mol. The number of nitrogens with one attached hydrogen (secondary N) is 1. The Hall–Kier alpha value is -4.07. The second kappa shape index (κ2) is 10.3. The number of hydrogen-bond acceptors (Lipinski definition) is 4. The molecule has 0 aliphatic heterocycles. The predicted molar refractivity (Wildman–Crippen MR) is 133 cm³/mol. The van der Waals surface area contributed by atoms with E-state index in [0.29, 0.717) is 5.65 Å². The molecule has 2 heterocycles. The summed E-state index contributed by atoms with van der Waals surface area (Å²) in [4.78, 5) is 29.6. The molecule has 184 valence electrons. The van der Waals surface area contributed by atoms with Gasteiger partial charge in [0.25, 0.3) is 5.91 Å². The number of carbonyl (C=O) groups is 2. The number of aliphatic carboxylic acids is 1. The van der Waals surface area contributed by atoms with Crippen molar-refractivity contribution in [2.75, 3.05) is 0 Å². The second-order valence-corrected chi connectivity index (χ2v) is 9.25. The Morgan fingerprint density at radius 2 is 1.75 bits per heavy atom. The summed E-state index contributed by atoms with van der Waals surface area (Å²) in [5, 5.41) is 16.9. The fraction of sp³-hybridized carbons (Fsp3) is 0.286. The Bertz CT molecular complexity index is 1380. The molecule has 4 aromatic rings. The summed E-state index contributed by atoms with van der Waals surface area (Å²) in [6.07, 6.45) is 8.69. The first kappa shape index (κ1) is 23.7. The third-order valence-corrected chi connectivity index (χ3v) is 6.84. The Balaban J connectivity index is 1.51. The maximum absolute atomic E-state index is 13.6. The van der Waals surface area contributed by atoms with Crippen LogP contribution in [0.25, 0.3) is 16.8 Å². The van der Waals surface area contributed by atoms with Crippen LogP contribution < -0.4 is 5.32 Å². The van der Waals surface area contributed by atoms with E-state index in [1.165, 1.54) is 24.8 Å². The van der Waals surface area contributed by atoms with Crippen LogP contribution in [-0.4, -0.2) is 37.6 Å². The van der Waals surface area contributed by atoms with Gasteiger partial charge in [0, 0.05) is 24.1 Å². The van der Waals surface area contributed by atoms with Crippen LogP contribution in [0.4, 0.5) is 4.39 Å². The van der Waals surface area contributed by atoms with E-state index in [-0.39, 0.29) is 23.7 Å². The number of halogens is 1. The molecule has 1 fully saturated rings. The summed E-state index contributed by atoms with van der Waals surface area (Å²) < 4.78 is 15.3. The van der Waals surface area contributed by atoms with Crippen molar-refractivity contribution < 1.29 is 19.1 Å². The third kappa shape index (κ3) is 4.84. The van der Waals surface area contributed by atoms with Crippen molar-refractivity contribution in [3.8, 4) is 11.1 Å². The van der Waals surface area contributed by atoms with E-state index in [9.17, 15) is 19.1 Å². The Labute approximate surface area is 208 Å². The number of nitrogens with zero attached hydrogens (tertiary/aromatic N) is 3. The van der Waals surface area contributed by atoms with Gasteiger partial charge in [-0.05, 0) is 36.1 Å². The van der Waals surface area contributed by atoms with E-state index < -0.39 is 17.9 Å². The van der Waals surface area contributed by atoms with Crippen molar-refractivity contribution in [2.45, 2.75) is 50.5 Å². The highest BCUT2D eigenvalue weighted by Gasteiger charge is 2.27. The molecule has 2 aromatic carbocycles. The minimum absolute atomic E-state index is 0.163. The zero-order valence-corrected chi connectivity index (χ0v) is 19.7. The van der Waals surface area contributed by atoms with Gasteiger partial charge in [0.2, 0.25) is 0 Å². The summed E-state index contributed by atoms with van der Waals surface area (Å²) in [5.41, 5.74) is 4.05. The lowest BCUT2D eigenvalue weighted by molar-refractivity contribution is -0.139. The van der Waals surface area contributed by atoms with Crippen molar-refractivity contribution in [1.82, 2.24) is 19.9 Å². The van der Waals surface area contributed by atoms with Crippen molar-refractivity contribution in [3.63, 3.8) is 0 Å². The van der Waals surface area contributed by atoms with Gasteiger partial charge in [-0.1, -0.05) is 61.7 Å². The standard InChI is InChI=1S/C28H27FN4O3/c29-21-13-11-19(12-14-21)22-16-30-26-23(17-31-33(26)25(22)20-9-5-2-6-10-20)27(34)32-24(28(35)36)15-18-7-3-1-4-8-18/h1,3-4,7-8,11-14,16-17,20,24H,2,5-6,9-10,15H2,(H,32,34)(H,35,36)/t24-/m0/s1. The Morgan fingerprint density at radius 3 is 2.44 bits per heavy atom. The number of fused-ring (bicyclic) bond motifs is 1. The van der Waals surface area contributed by atoms with Gasteiger partial charge in [-0.2, -0.15) is 5.10 Å². The molecule has 5 rings (SSSR count). The first-order valence-corrected chi connectivity index (χ1v) is 12.2. The van der Waals surface area contributed by atoms with Crippen molar-refractivity contribution in [1.29, 1.82) is 0 Å². The van der Waals surface area contributed by atoms with E-state index in [1.807, 2.05) is 30.3 Å². The molecule has 0 radical (unpaired) electrons. The van der Waals surface area contributed by atoms with Crippen LogP contribution in [0.5, 0.6) is 0 Å². The van der Waals surface area contributed by atoms with Gasteiger partial charge in [0.05, 0.1) is 11.9 Å². The molecule has 0 saturated heterocycles. The largest absolute Gasteiger partial charge is 0.480 e. The number of aromatic nitrogens is 3. The molecular formula is C28H27FN4O3. The third-order valence-electron chi connectivity index (χ3n) is 6.84. The van der Waals surface area contributed by atoms with E-state index in [4.69, 9.17) is 0 Å². The molecule has 0 unspecified atom stereocenters. The molecule has 1 amide bonds. The highest BCUT2D eigenvalue weighted by atomic mass is 19.1. The number of benzene rings is 2. The number of carbonyl (C=O) groups excluding carboxylic acids is 1. The van der Waals surface area contributed by atoms with E-state index in [0.717, 1.165) is 48.1 Å². The lowest BCUT2D eigenvalue weighted by atomic mass is 9.84. The fourth-order valence-corrected chi connectivity index (χ4v) is 5.02. The number of hydrogen-bond donors (Lipinski definition) is 2. The lowest BCUT2D eigenvalue weighted by Crippen LogP contribution is -2.42. The molecule has 2 aromatic heterocycles. The topological polar surface area (TPSA) is 96.6 Å². The first-order chi connectivity index (χ1) is 17.5. The van der Waals surface area contributed by atoms with E-state index >= 15 is 0 Å². The highest BCUT2D eigenvalue weighted by molar-refractivity contribution is 6.01. The Morgan fingerprint density at radius 1 is 1.03 bits per heavy atom. The average molecular weight is 487 g/mol. The molecule has 7 nitrogen and oxygen atoms in total. The van der Waals surface area contributed by atoms with E-state index in [1.54, 1.807) is 22.8 Å². The van der Waals surface area contributed by atoms with Gasteiger partial charge in [-0.3, -0.25) is 4.79 Å². The van der Waals surface area contributed by atoms with Gasteiger partial charge in [0.15, 0.2) is 5.65 Å². The molecule has 36 heavy (non-hydrogen) atoms. The molecule has 0 spiro atoms. The second-order valence-electron chi connectivity index (χ2n) is 9.25. The summed E-state index contributed by atoms with van der Waals surface area (Å²) in [7, 11) is 0. The van der Waals surface area contributed by atoms with Gasteiger partial charge < -0.3 is 10.4 Å². The molecular weight excluding hydrogens is 459 g/mol. The molecule has 1 atom stereocenters. The van der Waals surface area contributed by atoms with Crippen molar-refractivity contribution in [2.24, 2.45) is 0 Å². The predicted octanol–water partition coefficient (Wildman–Crippen LogP) is 5.01. The molecule has 2 N–H and O–H groups in total. The SMILES string of the molecule is O=C(N[C@@H](Cc1ccccc1)C(=O)O)c1cnn2c(C3CCCCC3)c(-c3ccc(F)cc3)cnc12. The lowest BCUT2D eigenvalue weighted by Gasteiger charge is -2.25. The zero-order chi connectivity index (χ0) is 25.1. The van der Waals surface area contributed by atoms with E-state index in [2.05, 4.69) is 15.4 Å². The van der Waals surface area contributed by atoms with Crippen LogP contribution in [0.2, 0.25) is 0 Å². The Kier molecular flexibility index (Phi) is 6.75. The number of rotatable bonds is 7. The fourth-order valence-electron chi connectivity index (χ4n) is 5.02. The maximum atomic E-state index is 13.6. The van der Waals surface area contributed by atoms with Crippen LogP contribution in [-0.2, 0) is 11.2 Å². The average Bonchev–Trinajstić information content (AvgIpc) is 3.34. The van der Waals surface area contributed by atoms with Gasteiger partial charge in [0.1, 0.15) is 17.4 Å². The highest BCUT2D eigenvalue weighted by Crippen LogP contribution is 2.38. The van der Waals surface area contributed by atoms with Crippen LogP contribution in [0.3, 0.4) is 0 Å². The first-order valence-electron chi connectivity index (χ1n) is 12.2. The minimum atomic E-state index is -1.11. The van der Waals surface area contributed by atoms with Crippen LogP contribution >= 0.6 is 0 Å². The van der Waals surface area contributed by atoms with Crippen LogP contribution in [0.1, 0.15) is 59.6 Å². The maximum Gasteiger partial charge on any atom is 0.326 e. The zero-order valence-electron chi connectivity index (χ0n) is 19.7. The van der Waals surface area contributed by atoms with Crippen molar-refractivity contribution >= 4 is 17.5 Å². The van der Waals surface area contributed by atoms with Crippen LogP contribution in [0, 0.1) is 5.82 Å². The molecule has 8 heteroatoms. The summed E-state index contributed by atoms with van der Waals surface area (Å²) >= 11 is 0. The van der Waals surface area contributed by atoms with Crippen LogP contribution in [0.15, 0.2) is 67.0 Å². The number of amides is 1. The summed E-state index contributed by atoms with van der Waals surface area (Å²) in [6, 6.07) is 14.4. The molecule has 1 aliphatic carbocycles. The molecule has 0 bridgehead atoms. The molecule has 1 saturated carbocycles. The normalized spacial score (nSPS) is 15.0. The smallest absolute Gasteiger partial charge is 0.326 e.